The molecule has 0 saturated carbocycles. The van der Waals surface area contributed by atoms with Crippen LogP contribution in [-0.2, 0) is 6.54 Å². The van der Waals surface area contributed by atoms with Gasteiger partial charge >= 0.3 is 0 Å². The zero-order valence-corrected chi connectivity index (χ0v) is 12.2. The fourth-order valence-electron chi connectivity index (χ4n) is 1.95. The van der Waals surface area contributed by atoms with Crippen molar-refractivity contribution < 1.29 is 4.92 Å². The maximum absolute atomic E-state index is 10.9. The smallest absolute Gasteiger partial charge is 0.274 e. The topological polar surface area (TPSA) is 55.2 Å². The standard InChI is InChI=1S/C15H16N2O2S/c1-11-14(4-3-5-15(11)17(18)19)16-10-12-6-8-13(20-2)9-7-12/h3-9,16H,10H2,1-2H3. The normalized spacial score (nSPS) is 10.3. The third-order valence-electron chi connectivity index (χ3n) is 3.14. The molecule has 0 amide bonds. The van der Waals surface area contributed by atoms with E-state index in [1.165, 1.54) is 11.0 Å². The number of nitrogens with zero attached hydrogens (tertiary/aromatic N) is 1. The Balaban J connectivity index is 2.10. The van der Waals surface area contributed by atoms with E-state index >= 15 is 0 Å². The molecule has 0 spiro atoms. The molecule has 0 aliphatic heterocycles. The minimum Gasteiger partial charge on any atom is -0.381 e. The molecule has 0 fully saturated rings. The average molecular weight is 288 g/mol. The summed E-state index contributed by atoms with van der Waals surface area (Å²) in [7, 11) is 0. The van der Waals surface area contributed by atoms with Crippen LogP contribution in [0.5, 0.6) is 0 Å². The highest BCUT2D eigenvalue weighted by molar-refractivity contribution is 7.98. The summed E-state index contributed by atoms with van der Waals surface area (Å²) in [5, 5.41) is 14.1. The van der Waals surface area contributed by atoms with E-state index in [-0.39, 0.29) is 10.6 Å². The SMILES string of the molecule is CSc1ccc(CNc2cccc([N+](=O)[O-])c2C)cc1. The van der Waals surface area contributed by atoms with Crippen LogP contribution in [0.1, 0.15) is 11.1 Å². The molecule has 0 aliphatic rings. The summed E-state index contributed by atoms with van der Waals surface area (Å²) in [5.41, 5.74) is 2.76. The summed E-state index contributed by atoms with van der Waals surface area (Å²) < 4.78 is 0. The summed E-state index contributed by atoms with van der Waals surface area (Å²) in [6.45, 7) is 2.41. The Bertz CT molecular complexity index is 612. The minimum absolute atomic E-state index is 0.146. The van der Waals surface area contributed by atoms with Gasteiger partial charge in [0, 0.05) is 28.8 Å². The molecule has 0 bridgehead atoms. The highest BCUT2D eigenvalue weighted by Crippen LogP contribution is 2.25. The number of nitro benzene ring substituents is 1. The summed E-state index contributed by atoms with van der Waals surface area (Å²) in [6.07, 6.45) is 2.04. The van der Waals surface area contributed by atoms with Gasteiger partial charge in [0.25, 0.3) is 5.69 Å². The predicted octanol–water partition coefficient (Wildman–Crippen LogP) is 4.24. The summed E-state index contributed by atoms with van der Waals surface area (Å²) in [6, 6.07) is 13.3. The van der Waals surface area contributed by atoms with E-state index in [2.05, 4.69) is 29.6 Å². The largest absolute Gasteiger partial charge is 0.381 e. The van der Waals surface area contributed by atoms with E-state index in [9.17, 15) is 10.1 Å². The minimum atomic E-state index is -0.353. The van der Waals surface area contributed by atoms with Crippen LogP contribution in [0.2, 0.25) is 0 Å². The highest BCUT2D eigenvalue weighted by Gasteiger charge is 2.12. The van der Waals surface area contributed by atoms with E-state index < -0.39 is 0 Å². The number of benzene rings is 2. The molecule has 0 heterocycles. The number of thioether (sulfide) groups is 1. The van der Waals surface area contributed by atoms with Crippen LogP contribution in [0.15, 0.2) is 47.4 Å². The molecule has 0 saturated heterocycles. The van der Waals surface area contributed by atoms with Gasteiger partial charge in [-0.3, -0.25) is 10.1 Å². The van der Waals surface area contributed by atoms with Crippen molar-refractivity contribution in [3.8, 4) is 0 Å². The predicted molar refractivity (Wildman–Crippen MR) is 83.4 cm³/mol. The van der Waals surface area contributed by atoms with Crippen molar-refractivity contribution in [3.63, 3.8) is 0 Å². The third-order valence-corrected chi connectivity index (χ3v) is 3.89. The number of hydrogen-bond acceptors (Lipinski definition) is 4. The zero-order chi connectivity index (χ0) is 14.5. The molecule has 0 aliphatic carbocycles. The Kier molecular flexibility index (Phi) is 4.63. The lowest BCUT2D eigenvalue weighted by Crippen LogP contribution is -2.02. The van der Waals surface area contributed by atoms with Gasteiger partial charge < -0.3 is 5.32 Å². The summed E-state index contributed by atoms with van der Waals surface area (Å²) in [5.74, 6) is 0. The van der Waals surface area contributed by atoms with Gasteiger partial charge in [-0.25, -0.2) is 0 Å². The van der Waals surface area contributed by atoms with Gasteiger partial charge in [-0.05, 0) is 36.9 Å². The number of hydrogen-bond donors (Lipinski definition) is 1. The van der Waals surface area contributed by atoms with Crippen molar-refractivity contribution >= 4 is 23.1 Å². The van der Waals surface area contributed by atoms with Crippen LogP contribution >= 0.6 is 11.8 Å². The molecule has 2 aromatic rings. The Morgan fingerprint density at radius 1 is 1.20 bits per heavy atom. The monoisotopic (exact) mass is 288 g/mol. The van der Waals surface area contributed by atoms with Gasteiger partial charge in [0.15, 0.2) is 0 Å². The molecule has 0 radical (unpaired) electrons. The molecule has 0 aromatic heterocycles. The van der Waals surface area contributed by atoms with Crippen LogP contribution in [0, 0.1) is 17.0 Å². The van der Waals surface area contributed by atoms with E-state index in [0.717, 1.165) is 11.3 Å². The fourth-order valence-corrected chi connectivity index (χ4v) is 2.36. The molecule has 0 unspecified atom stereocenters. The van der Waals surface area contributed by atoms with Crippen LogP contribution < -0.4 is 5.32 Å². The second-order valence-corrected chi connectivity index (χ2v) is 5.29. The lowest BCUT2D eigenvalue weighted by atomic mass is 10.1. The van der Waals surface area contributed by atoms with Gasteiger partial charge in [0.05, 0.1) is 4.92 Å². The Morgan fingerprint density at radius 2 is 1.90 bits per heavy atom. The Labute approximate surface area is 122 Å². The van der Waals surface area contributed by atoms with Crippen LogP contribution in [-0.4, -0.2) is 11.2 Å². The molecule has 5 heteroatoms. The van der Waals surface area contributed by atoms with E-state index in [1.807, 2.05) is 12.3 Å². The fraction of sp³-hybridized carbons (Fsp3) is 0.200. The lowest BCUT2D eigenvalue weighted by Gasteiger charge is -2.10. The first-order valence-electron chi connectivity index (χ1n) is 6.22. The summed E-state index contributed by atoms with van der Waals surface area (Å²) in [4.78, 5) is 11.8. The zero-order valence-electron chi connectivity index (χ0n) is 11.4. The highest BCUT2D eigenvalue weighted by atomic mass is 32.2. The van der Waals surface area contributed by atoms with Gasteiger partial charge in [-0.1, -0.05) is 18.2 Å². The van der Waals surface area contributed by atoms with E-state index in [1.54, 1.807) is 24.8 Å². The first kappa shape index (κ1) is 14.4. The van der Waals surface area contributed by atoms with Crippen LogP contribution in [0.25, 0.3) is 0 Å². The summed E-state index contributed by atoms with van der Waals surface area (Å²) >= 11 is 1.70. The number of rotatable bonds is 5. The van der Waals surface area contributed by atoms with Gasteiger partial charge in [-0.2, -0.15) is 0 Å². The molecule has 0 atom stereocenters. The second-order valence-electron chi connectivity index (χ2n) is 4.41. The van der Waals surface area contributed by atoms with Crippen molar-refractivity contribution in [1.29, 1.82) is 0 Å². The van der Waals surface area contributed by atoms with Crippen molar-refractivity contribution in [2.45, 2.75) is 18.4 Å². The number of nitro groups is 1. The van der Waals surface area contributed by atoms with Crippen LogP contribution in [0.4, 0.5) is 11.4 Å². The molecule has 4 nitrogen and oxygen atoms in total. The number of anilines is 1. The van der Waals surface area contributed by atoms with E-state index in [4.69, 9.17) is 0 Å². The third kappa shape index (κ3) is 3.30. The number of nitrogens with one attached hydrogen (secondary N) is 1. The van der Waals surface area contributed by atoms with Crippen LogP contribution in [0.3, 0.4) is 0 Å². The van der Waals surface area contributed by atoms with Gasteiger partial charge in [0.1, 0.15) is 0 Å². The lowest BCUT2D eigenvalue weighted by molar-refractivity contribution is -0.385. The quantitative estimate of drug-likeness (QED) is 0.508. The first-order chi connectivity index (χ1) is 9.61. The first-order valence-corrected chi connectivity index (χ1v) is 7.45. The second kappa shape index (κ2) is 6.43. The van der Waals surface area contributed by atoms with Crippen molar-refractivity contribution in [2.24, 2.45) is 0 Å². The molecule has 2 rings (SSSR count). The average Bonchev–Trinajstić information content (AvgIpc) is 2.46. The molecule has 104 valence electrons. The Hall–Kier alpha value is -2.01. The van der Waals surface area contributed by atoms with Gasteiger partial charge in [-0.15, -0.1) is 11.8 Å². The maximum atomic E-state index is 10.9. The molecular weight excluding hydrogens is 272 g/mol. The van der Waals surface area contributed by atoms with Crippen molar-refractivity contribution in [1.82, 2.24) is 0 Å². The maximum Gasteiger partial charge on any atom is 0.274 e. The molecule has 20 heavy (non-hydrogen) atoms. The van der Waals surface area contributed by atoms with Gasteiger partial charge in [0.2, 0.25) is 0 Å². The van der Waals surface area contributed by atoms with Crippen molar-refractivity contribution in [3.05, 3.63) is 63.7 Å². The molecule has 2 aromatic carbocycles. The van der Waals surface area contributed by atoms with Crippen molar-refractivity contribution in [2.75, 3.05) is 11.6 Å². The molecular formula is C15H16N2O2S. The molecule has 1 N–H and O–H groups in total. The van der Waals surface area contributed by atoms with E-state index in [0.29, 0.717) is 12.1 Å². The Morgan fingerprint density at radius 3 is 2.50 bits per heavy atom.